The quantitative estimate of drug-likeness (QED) is 0.533. The molecular formula is C20H28ClN3O4S. The fourth-order valence-corrected chi connectivity index (χ4v) is 4.01. The fraction of sp³-hybridized carbons (Fsp3) is 0.500. The molecule has 0 unspecified atom stereocenters. The minimum absolute atomic E-state index is 0.0539. The second-order valence-corrected chi connectivity index (χ2v) is 9.11. The topological polar surface area (TPSA) is 90.3 Å². The van der Waals surface area contributed by atoms with Crippen molar-refractivity contribution in [3.63, 3.8) is 0 Å². The van der Waals surface area contributed by atoms with Crippen LogP contribution < -0.4 is 9.46 Å². The van der Waals surface area contributed by atoms with E-state index in [0.29, 0.717) is 36.2 Å². The van der Waals surface area contributed by atoms with Crippen molar-refractivity contribution >= 4 is 27.5 Å². The summed E-state index contributed by atoms with van der Waals surface area (Å²) < 4.78 is 33.3. The lowest BCUT2D eigenvalue weighted by molar-refractivity contribution is 0.0977. The number of hydrogen-bond donors (Lipinski definition) is 1. The Bertz CT molecular complexity index is 941. The van der Waals surface area contributed by atoms with Gasteiger partial charge in [0.2, 0.25) is 10.0 Å². The van der Waals surface area contributed by atoms with E-state index in [2.05, 4.69) is 16.6 Å². The molecule has 1 aromatic carbocycles. The van der Waals surface area contributed by atoms with Crippen LogP contribution in [0.5, 0.6) is 5.75 Å². The molecule has 7 nitrogen and oxygen atoms in total. The van der Waals surface area contributed by atoms with Crippen LogP contribution in [0.2, 0.25) is 5.02 Å². The lowest BCUT2D eigenvalue weighted by Gasteiger charge is -2.10. The summed E-state index contributed by atoms with van der Waals surface area (Å²) in [5.74, 6) is 0.484. The SMILES string of the molecule is CCCCOc1ccc(Cn2cc(C(=O)NS(=O)(=O)CCCC)nc2C)c(Cl)c1. The molecule has 1 heterocycles. The number of carbonyl (C=O) groups is 1. The van der Waals surface area contributed by atoms with E-state index in [9.17, 15) is 13.2 Å². The van der Waals surface area contributed by atoms with Gasteiger partial charge in [-0.3, -0.25) is 4.79 Å². The van der Waals surface area contributed by atoms with Gasteiger partial charge in [0.1, 0.15) is 17.3 Å². The van der Waals surface area contributed by atoms with Gasteiger partial charge in [0.15, 0.2) is 0 Å². The summed E-state index contributed by atoms with van der Waals surface area (Å²) in [7, 11) is -3.66. The van der Waals surface area contributed by atoms with Gasteiger partial charge >= 0.3 is 0 Å². The molecule has 0 fully saturated rings. The second-order valence-electron chi connectivity index (χ2n) is 6.86. The first-order chi connectivity index (χ1) is 13.8. The van der Waals surface area contributed by atoms with Gasteiger partial charge in [-0.1, -0.05) is 44.4 Å². The van der Waals surface area contributed by atoms with Crippen molar-refractivity contribution in [1.82, 2.24) is 14.3 Å². The average molecular weight is 442 g/mol. The second kappa shape index (κ2) is 10.6. The largest absolute Gasteiger partial charge is 0.494 e. The molecule has 0 aliphatic heterocycles. The highest BCUT2D eigenvalue weighted by atomic mass is 35.5. The predicted octanol–water partition coefficient (Wildman–Crippen LogP) is 3.93. The minimum atomic E-state index is -3.66. The molecule has 0 saturated heterocycles. The van der Waals surface area contributed by atoms with Crippen LogP contribution in [0.3, 0.4) is 0 Å². The highest BCUT2D eigenvalue weighted by Gasteiger charge is 2.19. The Labute approximate surface area is 177 Å². The van der Waals surface area contributed by atoms with Crippen LogP contribution in [-0.2, 0) is 16.6 Å². The van der Waals surface area contributed by atoms with Crippen LogP contribution in [0.15, 0.2) is 24.4 Å². The molecular weight excluding hydrogens is 414 g/mol. The van der Waals surface area contributed by atoms with Crippen LogP contribution in [0.1, 0.15) is 61.4 Å². The zero-order chi connectivity index (χ0) is 21.4. The molecule has 2 aromatic rings. The molecule has 0 atom stereocenters. The van der Waals surface area contributed by atoms with Crippen molar-refractivity contribution < 1.29 is 17.9 Å². The Hall–Kier alpha value is -2.06. The summed E-state index contributed by atoms with van der Waals surface area (Å²) in [6.07, 6.45) is 4.79. The number of halogens is 1. The van der Waals surface area contributed by atoms with Crippen molar-refractivity contribution in [3.8, 4) is 5.75 Å². The number of sulfonamides is 1. The number of ether oxygens (including phenoxy) is 1. The van der Waals surface area contributed by atoms with E-state index in [1.807, 2.05) is 19.1 Å². The highest BCUT2D eigenvalue weighted by Crippen LogP contribution is 2.24. The molecule has 0 aliphatic rings. The summed E-state index contributed by atoms with van der Waals surface area (Å²) in [6.45, 7) is 6.78. The van der Waals surface area contributed by atoms with E-state index in [0.717, 1.165) is 24.8 Å². The zero-order valence-electron chi connectivity index (χ0n) is 17.1. The third-order valence-electron chi connectivity index (χ3n) is 4.36. The first kappa shape index (κ1) is 23.2. The summed E-state index contributed by atoms with van der Waals surface area (Å²) in [4.78, 5) is 16.5. The molecule has 0 spiro atoms. The number of carbonyl (C=O) groups excluding carboxylic acids is 1. The molecule has 160 valence electrons. The van der Waals surface area contributed by atoms with Crippen molar-refractivity contribution in [1.29, 1.82) is 0 Å². The van der Waals surface area contributed by atoms with Crippen LogP contribution in [0.25, 0.3) is 0 Å². The molecule has 0 radical (unpaired) electrons. The zero-order valence-corrected chi connectivity index (χ0v) is 18.6. The van der Waals surface area contributed by atoms with Gasteiger partial charge in [-0.05, 0) is 37.5 Å². The number of rotatable bonds is 11. The molecule has 9 heteroatoms. The molecule has 2 rings (SSSR count). The van der Waals surface area contributed by atoms with Crippen LogP contribution in [0, 0.1) is 6.92 Å². The van der Waals surface area contributed by atoms with Crippen molar-refractivity contribution in [2.24, 2.45) is 0 Å². The van der Waals surface area contributed by atoms with E-state index in [4.69, 9.17) is 16.3 Å². The number of imidazole rings is 1. The first-order valence-corrected chi connectivity index (χ1v) is 11.8. The summed E-state index contributed by atoms with van der Waals surface area (Å²) >= 11 is 6.38. The number of hydrogen-bond acceptors (Lipinski definition) is 5. The fourth-order valence-electron chi connectivity index (χ4n) is 2.62. The summed E-state index contributed by atoms with van der Waals surface area (Å²) in [5, 5.41) is 0.556. The molecule has 1 N–H and O–H groups in total. The van der Waals surface area contributed by atoms with Gasteiger partial charge in [0, 0.05) is 11.2 Å². The smallest absolute Gasteiger partial charge is 0.284 e. The Kier molecular flexibility index (Phi) is 8.52. The van der Waals surface area contributed by atoms with Gasteiger partial charge in [-0.25, -0.2) is 18.1 Å². The summed E-state index contributed by atoms with van der Waals surface area (Å²) in [6, 6.07) is 5.50. The van der Waals surface area contributed by atoms with Crippen molar-refractivity contribution in [2.75, 3.05) is 12.4 Å². The highest BCUT2D eigenvalue weighted by molar-refractivity contribution is 7.90. The van der Waals surface area contributed by atoms with Crippen molar-refractivity contribution in [3.05, 3.63) is 46.5 Å². The van der Waals surface area contributed by atoms with E-state index in [-0.39, 0.29) is 11.4 Å². The van der Waals surface area contributed by atoms with Gasteiger partial charge in [0.25, 0.3) is 5.91 Å². The van der Waals surface area contributed by atoms with E-state index in [1.54, 1.807) is 17.6 Å². The average Bonchev–Trinajstić information content (AvgIpc) is 3.03. The van der Waals surface area contributed by atoms with E-state index in [1.165, 1.54) is 6.20 Å². The predicted molar refractivity (Wildman–Crippen MR) is 114 cm³/mol. The molecule has 0 saturated carbocycles. The van der Waals surface area contributed by atoms with Gasteiger partial charge in [-0.15, -0.1) is 0 Å². The number of nitrogens with one attached hydrogen (secondary N) is 1. The number of unbranched alkanes of at least 4 members (excludes halogenated alkanes) is 2. The number of nitrogens with zero attached hydrogens (tertiary/aromatic N) is 2. The third-order valence-corrected chi connectivity index (χ3v) is 6.03. The monoisotopic (exact) mass is 441 g/mol. The van der Waals surface area contributed by atoms with Crippen LogP contribution in [-0.4, -0.2) is 36.2 Å². The van der Waals surface area contributed by atoms with Crippen LogP contribution in [0.4, 0.5) is 0 Å². The van der Waals surface area contributed by atoms with E-state index < -0.39 is 15.9 Å². The number of benzene rings is 1. The number of aromatic nitrogens is 2. The molecule has 0 aliphatic carbocycles. The lowest BCUT2D eigenvalue weighted by Crippen LogP contribution is -2.32. The van der Waals surface area contributed by atoms with Gasteiger partial charge in [-0.2, -0.15) is 0 Å². The van der Waals surface area contributed by atoms with E-state index >= 15 is 0 Å². The third kappa shape index (κ3) is 7.04. The minimum Gasteiger partial charge on any atom is -0.494 e. The molecule has 1 amide bonds. The van der Waals surface area contributed by atoms with Crippen LogP contribution >= 0.6 is 11.6 Å². The maximum Gasteiger partial charge on any atom is 0.284 e. The number of amides is 1. The Morgan fingerprint density at radius 3 is 2.62 bits per heavy atom. The normalized spacial score (nSPS) is 11.4. The maximum absolute atomic E-state index is 12.3. The van der Waals surface area contributed by atoms with Gasteiger partial charge < -0.3 is 9.30 Å². The first-order valence-electron chi connectivity index (χ1n) is 9.75. The Balaban J connectivity index is 2.08. The maximum atomic E-state index is 12.3. The molecule has 29 heavy (non-hydrogen) atoms. The van der Waals surface area contributed by atoms with Crippen molar-refractivity contribution in [2.45, 2.75) is 53.0 Å². The lowest BCUT2D eigenvalue weighted by atomic mass is 10.2. The summed E-state index contributed by atoms with van der Waals surface area (Å²) in [5.41, 5.74) is 0.899. The molecule has 0 bridgehead atoms. The molecule has 1 aromatic heterocycles. The standard InChI is InChI=1S/C20H28ClN3O4S/c1-4-6-10-28-17-9-8-16(18(21)12-17)13-24-14-19(22-15(24)3)20(25)23-29(26,27)11-7-5-2/h8-9,12,14H,4-7,10-11,13H2,1-3H3,(H,23,25). The Morgan fingerprint density at radius 2 is 1.97 bits per heavy atom. The Morgan fingerprint density at radius 1 is 1.24 bits per heavy atom. The number of aryl methyl sites for hydroxylation is 1. The van der Waals surface area contributed by atoms with Gasteiger partial charge in [0.05, 0.1) is 18.9 Å².